The van der Waals surface area contributed by atoms with Gasteiger partial charge in [-0.25, -0.2) is 0 Å². The molecule has 0 aromatic heterocycles. The summed E-state index contributed by atoms with van der Waals surface area (Å²) in [6, 6.07) is 23.2. The van der Waals surface area contributed by atoms with Crippen molar-refractivity contribution in [1.29, 1.82) is 0 Å². The van der Waals surface area contributed by atoms with Crippen molar-refractivity contribution in [3.63, 3.8) is 0 Å². The van der Waals surface area contributed by atoms with Crippen molar-refractivity contribution in [1.82, 2.24) is 5.32 Å². The second-order valence-corrected chi connectivity index (χ2v) is 8.89. The molecule has 3 nitrogen and oxygen atoms in total. The molecule has 30 heavy (non-hydrogen) atoms. The van der Waals surface area contributed by atoms with Gasteiger partial charge < -0.3 is 10.1 Å². The molecule has 1 N–H and O–H groups in total. The van der Waals surface area contributed by atoms with E-state index in [1.807, 2.05) is 49.4 Å². The molecule has 156 valence electrons. The van der Waals surface area contributed by atoms with Crippen LogP contribution in [0.4, 0.5) is 0 Å². The van der Waals surface area contributed by atoms with Crippen LogP contribution in [0.15, 0.2) is 72.8 Å². The lowest BCUT2D eigenvalue weighted by Gasteiger charge is -2.20. The molecule has 0 aliphatic carbocycles. The number of benzene rings is 3. The van der Waals surface area contributed by atoms with Crippen molar-refractivity contribution >= 4 is 17.5 Å². The molecule has 3 rings (SSSR count). The molecule has 0 aliphatic heterocycles. The van der Waals surface area contributed by atoms with E-state index in [4.69, 9.17) is 16.3 Å². The number of para-hydroxylation sites is 1. The molecule has 0 spiro atoms. The standard InChI is InChI=1S/C26H28ClNO2/c1-18(20-13-15-22(16-14-20)26(2,3)4)28-25(29)21-11-9-19(10-12-21)17-30-24-8-6-5-7-23(24)27/h5-16,18H,17H2,1-4H3,(H,28,29)/t18-/m0/s1. The number of ether oxygens (including phenoxy) is 1. The van der Waals surface area contributed by atoms with E-state index < -0.39 is 0 Å². The molecule has 0 aliphatic rings. The number of rotatable bonds is 6. The minimum Gasteiger partial charge on any atom is -0.487 e. The quantitative estimate of drug-likeness (QED) is 0.480. The number of amides is 1. The summed E-state index contributed by atoms with van der Waals surface area (Å²) >= 11 is 6.11. The molecule has 0 heterocycles. The second-order valence-electron chi connectivity index (χ2n) is 8.48. The topological polar surface area (TPSA) is 38.3 Å². The van der Waals surface area contributed by atoms with Crippen LogP contribution in [0.5, 0.6) is 5.75 Å². The first-order valence-electron chi connectivity index (χ1n) is 10.1. The maximum absolute atomic E-state index is 12.6. The summed E-state index contributed by atoms with van der Waals surface area (Å²) in [6.07, 6.45) is 0. The molecule has 0 unspecified atom stereocenters. The lowest BCUT2D eigenvalue weighted by molar-refractivity contribution is 0.0940. The van der Waals surface area contributed by atoms with E-state index in [0.29, 0.717) is 22.9 Å². The highest BCUT2D eigenvalue weighted by Crippen LogP contribution is 2.25. The van der Waals surface area contributed by atoms with Crippen LogP contribution >= 0.6 is 11.6 Å². The first-order chi connectivity index (χ1) is 14.2. The highest BCUT2D eigenvalue weighted by atomic mass is 35.5. The normalized spacial score (nSPS) is 12.3. The number of nitrogens with one attached hydrogen (secondary N) is 1. The Labute approximate surface area is 184 Å². The van der Waals surface area contributed by atoms with E-state index in [2.05, 4.69) is 50.4 Å². The fraction of sp³-hybridized carbons (Fsp3) is 0.269. The molecule has 0 saturated heterocycles. The fourth-order valence-corrected chi connectivity index (χ4v) is 3.30. The van der Waals surface area contributed by atoms with Crippen LogP contribution in [0.2, 0.25) is 5.02 Å². The van der Waals surface area contributed by atoms with Gasteiger partial charge in [-0.05, 0) is 53.3 Å². The summed E-state index contributed by atoms with van der Waals surface area (Å²) in [4.78, 5) is 12.6. The van der Waals surface area contributed by atoms with Crippen LogP contribution in [0, 0.1) is 0 Å². The number of hydrogen-bond donors (Lipinski definition) is 1. The van der Waals surface area contributed by atoms with Gasteiger partial charge in [0.1, 0.15) is 12.4 Å². The maximum Gasteiger partial charge on any atom is 0.251 e. The zero-order valence-electron chi connectivity index (χ0n) is 17.9. The lowest BCUT2D eigenvalue weighted by atomic mass is 9.86. The zero-order valence-corrected chi connectivity index (χ0v) is 18.7. The zero-order chi connectivity index (χ0) is 21.7. The smallest absolute Gasteiger partial charge is 0.251 e. The van der Waals surface area contributed by atoms with Crippen LogP contribution in [0.25, 0.3) is 0 Å². The summed E-state index contributed by atoms with van der Waals surface area (Å²) < 4.78 is 5.75. The van der Waals surface area contributed by atoms with Gasteiger partial charge in [0.2, 0.25) is 0 Å². The number of halogens is 1. The molecule has 0 radical (unpaired) electrons. The monoisotopic (exact) mass is 421 g/mol. The van der Waals surface area contributed by atoms with Crippen molar-refractivity contribution in [2.45, 2.75) is 45.8 Å². The summed E-state index contributed by atoms with van der Waals surface area (Å²) in [6.45, 7) is 8.96. The third-order valence-electron chi connectivity index (χ3n) is 5.07. The van der Waals surface area contributed by atoms with Crippen LogP contribution in [0.3, 0.4) is 0 Å². The average Bonchev–Trinajstić information content (AvgIpc) is 2.73. The largest absolute Gasteiger partial charge is 0.487 e. The Morgan fingerprint density at radius 1 is 0.967 bits per heavy atom. The van der Waals surface area contributed by atoms with Crippen LogP contribution < -0.4 is 10.1 Å². The van der Waals surface area contributed by atoms with Gasteiger partial charge in [-0.1, -0.05) is 80.9 Å². The Morgan fingerprint density at radius 3 is 2.20 bits per heavy atom. The molecule has 0 fully saturated rings. The van der Waals surface area contributed by atoms with Crippen molar-refractivity contribution in [2.24, 2.45) is 0 Å². The Hall–Kier alpha value is -2.78. The highest BCUT2D eigenvalue weighted by Gasteiger charge is 2.15. The second kappa shape index (κ2) is 9.36. The SMILES string of the molecule is C[C@H](NC(=O)c1ccc(COc2ccccc2Cl)cc1)c1ccc(C(C)(C)C)cc1. The third-order valence-corrected chi connectivity index (χ3v) is 5.38. The Kier molecular flexibility index (Phi) is 6.84. The van der Waals surface area contributed by atoms with Gasteiger partial charge in [0.05, 0.1) is 11.1 Å². The van der Waals surface area contributed by atoms with E-state index in [-0.39, 0.29) is 17.4 Å². The van der Waals surface area contributed by atoms with Gasteiger partial charge in [0.15, 0.2) is 0 Å². The Morgan fingerprint density at radius 2 is 1.60 bits per heavy atom. The van der Waals surface area contributed by atoms with E-state index in [1.165, 1.54) is 5.56 Å². The first kappa shape index (κ1) is 21.9. The van der Waals surface area contributed by atoms with Crippen LogP contribution in [-0.4, -0.2) is 5.91 Å². The van der Waals surface area contributed by atoms with Crippen molar-refractivity contribution < 1.29 is 9.53 Å². The summed E-state index contributed by atoms with van der Waals surface area (Å²) in [5.74, 6) is 0.549. The van der Waals surface area contributed by atoms with E-state index in [9.17, 15) is 4.79 Å². The number of carbonyl (C=O) groups excluding carboxylic acids is 1. The summed E-state index contributed by atoms with van der Waals surface area (Å²) in [7, 11) is 0. The van der Waals surface area contributed by atoms with Gasteiger partial charge >= 0.3 is 0 Å². The Balaban J connectivity index is 1.58. The van der Waals surface area contributed by atoms with Gasteiger partial charge in [-0.15, -0.1) is 0 Å². The maximum atomic E-state index is 12.6. The Bertz CT molecular complexity index is 989. The van der Waals surface area contributed by atoms with Gasteiger partial charge in [0.25, 0.3) is 5.91 Å². The van der Waals surface area contributed by atoms with Crippen LogP contribution in [0.1, 0.15) is 60.8 Å². The summed E-state index contributed by atoms with van der Waals surface area (Å²) in [5.41, 5.74) is 4.06. The predicted molar refractivity (Wildman–Crippen MR) is 123 cm³/mol. The molecular weight excluding hydrogens is 394 g/mol. The number of carbonyl (C=O) groups is 1. The minimum absolute atomic E-state index is 0.0743. The van der Waals surface area contributed by atoms with E-state index in [0.717, 1.165) is 11.1 Å². The van der Waals surface area contributed by atoms with Crippen molar-refractivity contribution in [3.05, 3.63) is 100 Å². The highest BCUT2D eigenvalue weighted by molar-refractivity contribution is 6.32. The fourth-order valence-electron chi connectivity index (χ4n) is 3.11. The van der Waals surface area contributed by atoms with Gasteiger partial charge in [-0.2, -0.15) is 0 Å². The molecule has 0 saturated carbocycles. The number of hydrogen-bond acceptors (Lipinski definition) is 2. The van der Waals surface area contributed by atoms with Crippen molar-refractivity contribution in [2.75, 3.05) is 0 Å². The molecule has 4 heteroatoms. The lowest BCUT2D eigenvalue weighted by Crippen LogP contribution is -2.26. The molecule has 0 bridgehead atoms. The van der Waals surface area contributed by atoms with Crippen molar-refractivity contribution in [3.8, 4) is 5.75 Å². The summed E-state index contributed by atoms with van der Waals surface area (Å²) in [5, 5.41) is 3.65. The molecule has 3 aromatic rings. The predicted octanol–water partition coefficient (Wildman–Crippen LogP) is 6.71. The third kappa shape index (κ3) is 5.64. The van der Waals surface area contributed by atoms with Crippen LogP contribution in [-0.2, 0) is 12.0 Å². The minimum atomic E-state index is -0.0963. The first-order valence-corrected chi connectivity index (χ1v) is 10.5. The molecule has 1 atom stereocenters. The average molecular weight is 422 g/mol. The van der Waals surface area contributed by atoms with E-state index >= 15 is 0 Å². The van der Waals surface area contributed by atoms with Gasteiger partial charge in [-0.3, -0.25) is 4.79 Å². The molecular formula is C26H28ClNO2. The molecule has 1 amide bonds. The van der Waals surface area contributed by atoms with E-state index in [1.54, 1.807) is 6.07 Å². The van der Waals surface area contributed by atoms with Gasteiger partial charge in [0, 0.05) is 5.56 Å². The molecule has 3 aromatic carbocycles.